The second-order valence-corrected chi connectivity index (χ2v) is 23.2. The Kier molecular flexibility index (Phi) is 45.5. The van der Waals surface area contributed by atoms with Crippen molar-refractivity contribution in [2.45, 2.75) is 233 Å². The molecule has 0 spiro atoms. The van der Waals surface area contributed by atoms with Crippen LogP contribution < -0.4 is 27.2 Å². The molecular formula is C54H87O4PZn3. The first kappa shape index (κ1) is 61.6. The smallest absolute Gasteiger partial charge is 0.159 e. The van der Waals surface area contributed by atoms with E-state index in [0.717, 1.165) is 0 Å². The molecule has 0 heterocycles. The molecule has 0 atom stereocenters. The zero-order chi connectivity index (χ0) is 45.8. The number of hydrogen-bond donors (Lipinski definition) is 0. The van der Waals surface area contributed by atoms with Crippen molar-refractivity contribution in [3.63, 3.8) is 0 Å². The van der Waals surface area contributed by atoms with Gasteiger partial charge in [-0.25, -0.2) is 0 Å². The Morgan fingerprint density at radius 1 is 0.323 bits per heavy atom. The van der Waals surface area contributed by atoms with E-state index in [2.05, 4.69) is 93.6 Å². The fourth-order valence-electron chi connectivity index (χ4n) is 7.81. The minimum atomic E-state index is -5.39. The van der Waals surface area contributed by atoms with Crippen LogP contribution in [0, 0.1) is 0 Å². The summed E-state index contributed by atoms with van der Waals surface area (Å²) in [5, 5.41) is 0. The van der Waals surface area contributed by atoms with Gasteiger partial charge >= 0.3 is 349 Å². The predicted molar refractivity (Wildman–Crippen MR) is 252 cm³/mol. The zero-order valence-electron chi connectivity index (χ0n) is 40.5. The van der Waals surface area contributed by atoms with E-state index >= 15 is 0 Å². The van der Waals surface area contributed by atoms with Gasteiger partial charge in [0.05, 0.1) is 0 Å². The molecule has 0 fully saturated rings. The molecule has 3 rings (SSSR count). The number of aryl methyl sites for hydroxylation is 3. The summed E-state index contributed by atoms with van der Waals surface area (Å²) >= 11 is 3.90. The van der Waals surface area contributed by atoms with Crippen LogP contribution in [0.4, 0.5) is 0 Å². The molecule has 4 nitrogen and oxygen atoms in total. The van der Waals surface area contributed by atoms with Crippen LogP contribution in [0.1, 0.15) is 230 Å². The van der Waals surface area contributed by atoms with Crippen molar-refractivity contribution in [2.24, 2.45) is 0 Å². The largest absolute Gasteiger partial charge is 0.822 e. The Balaban J connectivity index is 0.000000851. The van der Waals surface area contributed by atoms with Crippen molar-refractivity contribution in [1.29, 1.82) is 0 Å². The maximum absolute atomic E-state index is 8.55. The van der Waals surface area contributed by atoms with Gasteiger partial charge in [-0.1, -0.05) is 40.0 Å². The SMILES string of the molecule is CCCCCCCCCCCCc1cccc[c]1[Zn+].CCCCCCCCCCCCc1cccc[c]1[Zn+].CCCCCCCCCCCCc1cccc[c]1[Zn+].O=P([O-])([O-])[O-]. The van der Waals surface area contributed by atoms with Gasteiger partial charge in [-0.05, 0) is 0 Å². The molecule has 0 aliphatic rings. The minimum absolute atomic E-state index is 1.30. The molecule has 0 N–H and O–H groups in total. The summed E-state index contributed by atoms with van der Waals surface area (Å²) in [6.07, 6.45) is 46.8. The second-order valence-electron chi connectivity index (χ2n) is 17.5. The third kappa shape index (κ3) is 43.5. The molecule has 0 saturated heterocycles. The molecule has 0 saturated carbocycles. The van der Waals surface area contributed by atoms with E-state index in [-0.39, 0.29) is 0 Å². The zero-order valence-corrected chi connectivity index (χ0v) is 50.3. The molecule has 0 bridgehead atoms. The van der Waals surface area contributed by atoms with E-state index in [4.69, 9.17) is 19.2 Å². The van der Waals surface area contributed by atoms with Gasteiger partial charge in [0.15, 0.2) is 0 Å². The average molecular weight is 1030 g/mol. The minimum Gasteiger partial charge on any atom is -0.822 e. The Morgan fingerprint density at radius 2 is 0.484 bits per heavy atom. The standard InChI is InChI=1S/3C18H29.H3O4P.3Zn/c3*1-2-3-4-5-6-7-8-9-10-12-15-18-16-13-11-14-17-18;1-5(2,3)4;;;/h3*11,13-14,16H,2-10,12,15H2,1H3;(H3,1,2,3,4);;;/q;;;;3*+1/p-3. The fraction of sp³-hybridized carbons (Fsp3) is 0.667. The molecule has 3 aromatic rings. The number of phosphoric acid groups is 1. The summed E-state index contributed by atoms with van der Waals surface area (Å²) in [5.41, 5.74) is 4.80. The van der Waals surface area contributed by atoms with Crippen LogP contribution in [-0.4, -0.2) is 0 Å². The van der Waals surface area contributed by atoms with Gasteiger partial charge in [0.1, 0.15) is 0 Å². The van der Waals surface area contributed by atoms with Crippen LogP contribution in [0.25, 0.3) is 0 Å². The molecule has 0 aliphatic carbocycles. The van der Waals surface area contributed by atoms with E-state index in [0.29, 0.717) is 0 Å². The normalized spacial score (nSPS) is 11.0. The van der Waals surface area contributed by atoms with Crippen molar-refractivity contribution < 1.29 is 74.2 Å². The van der Waals surface area contributed by atoms with Crippen LogP contribution in [-0.2, 0) is 78.7 Å². The molecule has 8 heteroatoms. The van der Waals surface area contributed by atoms with Crippen LogP contribution in [0.5, 0.6) is 0 Å². The third-order valence-electron chi connectivity index (χ3n) is 11.8. The van der Waals surface area contributed by atoms with E-state index in [9.17, 15) is 0 Å². The van der Waals surface area contributed by atoms with Gasteiger partial charge in [0, 0.05) is 0 Å². The number of benzene rings is 3. The summed E-state index contributed by atoms with van der Waals surface area (Å²) in [6.45, 7) is 6.87. The number of rotatable bonds is 33. The molecule has 3 aromatic carbocycles. The quantitative estimate of drug-likeness (QED) is 0.0345. The van der Waals surface area contributed by atoms with Crippen LogP contribution in [0.3, 0.4) is 0 Å². The third-order valence-corrected chi connectivity index (χ3v) is 16.1. The molecule has 0 unspecified atom stereocenters. The van der Waals surface area contributed by atoms with Crippen LogP contribution in [0.2, 0.25) is 0 Å². The van der Waals surface area contributed by atoms with E-state index in [1.165, 1.54) is 267 Å². The average Bonchev–Trinajstić information content (AvgIpc) is 3.24. The first-order chi connectivity index (χ1) is 30.0. The summed E-state index contributed by atoms with van der Waals surface area (Å²) < 4.78 is 13.3. The summed E-state index contributed by atoms with van der Waals surface area (Å²) in [6, 6.07) is 26.8. The second kappa shape index (κ2) is 45.8. The van der Waals surface area contributed by atoms with Crippen LogP contribution in [0.15, 0.2) is 72.8 Å². The maximum atomic E-state index is 8.55. The van der Waals surface area contributed by atoms with E-state index in [1.54, 1.807) is 29.2 Å². The van der Waals surface area contributed by atoms with Crippen molar-refractivity contribution in [1.82, 2.24) is 0 Å². The Hall–Kier alpha value is -0.360. The van der Waals surface area contributed by atoms with Crippen LogP contribution >= 0.6 is 7.82 Å². The maximum Gasteiger partial charge on any atom is -0.159 e. The molecule has 0 aliphatic heterocycles. The molecule has 62 heavy (non-hydrogen) atoms. The molecule has 0 amide bonds. The van der Waals surface area contributed by atoms with Gasteiger partial charge in [-0.15, -0.1) is 0 Å². The van der Waals surface area contributed by atoms with Gasteiger partial charge in [-0.3, -0.25) is 0 Å². The van der Waals surface area contributed by atoms with Crippen molar-refractivity contribution in [2.75, 3.05) is 0 Å². The number of unbranched alkanes of at least 4 members (excludes halogenated alkanes) is 27. The molecule has 0 aromatic heterocycles. The Morgan fingerprint density at radius 3 is 0.661 bits per heavy atom. The molecular weight excluding hydrogens is 940 g/mol. The summed E-state index contributed by atoms with van der Waals surface area (Å²) in [7, 11) is -5.39. The van der Waals surface area contributed by atoms with Crippen molar-refractivity contribution in [3.05, 3.63) is 89.5 Å². The van der Waals surface area contributed by atoms with E-state index < -0.39 is 7.82 Å². The first-order valence-corrected chi connectivity index (χ1v) is 31.4. The monoisotopic (exact) mass is 1020 g/mol. The first-order valence-electron chi connectivity index (χ1n) is 25.5. The van der Waals surface area contributed by atoms with Gasteiger partial charge in [-0.2, -0.15) is 7.82 Å². The molecule has 338 valence electrons. The predicted octanol–water partition coefficient (Wildman–Crippen LogP) is 13.1. The molecule has 0 radical (unpaired) electrons. The van der Waals surface area contributed by atoms with Gasteiger partial charge in [0.25, 0.3) is 0 Å². The van der Waals surface area contributed by atoms with E-state index in [1.807, 2.05) is 0 Å². The topological polar surface area (TPSA) is 86.2 Å². The van der Waals surface area contributed by atoms with Crippen molar-refractivity contribution >= 4 is 20.3 Å². The summed E-state index contributed by atoms with van der Waals surface area (Å²) in [5.74, 6) is 0. The van der Waals surface area contributed by atoms with Gasteiger partial charge < -0.3 is 19.2 Å². The Bertz CT molecular complexity index is 1280. The van der Waals surface area contributed by atoms with Gasteiger partial charge in [0.2, 0.25) is 0 Å². The Labute approximate surface area is 413 Å². The number of hydrogen-bond acceptors (Lipinski definition) is 4. The summed E-state index contributed by atoms with van der Waals surface area (Å²) in [4.78, 5) is 25.6. The van der Waals surface area contributed by atoms with Crippen molar-refractivity contribution in [3.8, 4) is 0 Å². The fourth-order valence-corrected chi connectivity index (χ4v) is 10.5.